The summed E-state index contributed by atoms with van der Waals surface area (Å²) in [5, 5.41) is 9.29. The van der Waals surface area contributed by atoms with Crippen LogP contribution in [0.1, 0.15) is 25.8 Å². The van der Waals surface area contributed by atoms with Crippen LogP contribution in [0.2, 0.25) is 0 Å². The van der Waals surface area contributed by atoms with Gasteiger partial charge in [0.25, 0.3) is 0 Å². The van der Waals surface area contributed by atoms with Crippen molar-refractivity contribution in [1.82, 2.24) is 0 Å². The quantitative estimate of drug-likeness (QED) is 0.874. The number of benzene rings is 2. The molecule has 0 spiro atoms. The normalized spacial score (nSPS) is 15.6. The average molecular weight is 269 g/mol. The molecular formula is C18H23NO. The molecule has 0 heterocycles. The molecule has 20 heavy (non-hydrogen) atoms. The van der Waals surface area contributed by atoms with Crippen molar-refractivity contribution in [2.45, 2.75) is 31.7 Å². The van der Waals surface area contributed by atoms with E-state index in [0.717, 1.165) is 0 Å². The molecule has 0 aliphatic carbocycles. The van der Waals surface area contributed by atoms with Crippen LogP contribution in [-0.2, 0) is 5.41 Å². The molecule has 0 aliphatic rings. The second-order valence-electron chi connectivity index (χ2n) is 5.62. The minimum Gasteiger partial charge on any atom is -0.396 e. The first-order valence-corrected chi connectivity index (χ1v) is 7.10. The summed E-state index contributed by atoms with van der Waals surface area (Å²) in [7, 11) is 0. The first-order valence-electron chi connectivity index (χ1n) is 7.10. The fourth-order valence-corrected chi connectivity index (χ4v) is 2.54. The summed E-state index contributed by atoms with van der Waals surface area (Å²) in [6, 6.07) is 18.8. The van der Waals surface area contributed by atoms with Crippen molar-refractivity contribution in [1.29, 1.82) is 0 Å². The summed E-state index contributed by atoms with van der Waals surface area (Å²) in [5.74, 6) is 0. The maximum Gasteiger partial charge on any atom is 0.0440 e. The third-order valence-electron chi connectivity index (χ3n) is 4.29. The molecule has 2 aromatic rings. The highest BCUT2D eigenvalue weighted by molar-refractivity contribution is 5.63. The monoisotopic (exact) mass is 269 g/mol. The summed E-state index contributed by atoms with van der Waals surface area (Å²) >= 11 is 0. The van der Waals surface area contributed by atoms with Crippen LogP contribution >= 0.6 is 0 Å². The van der Waals surface area contributed by atoms with E-state index in [4.69, 9.17) is 5.73 Å². The van der Waals surface area contributed by atoms with Crippen LogP contribution in [0.5, 0.6) is 0 Å². The molecule has 0 fully saturated rings. The summed E-state index contributed by atoms with van der Waals surface area (Å²) in [6.07, 6.45) is 0.676. The lowest BCUT2D eigenvalue weighted by Gasteiger charge is -2.33. The maximum atomic E-state index is 9.29. The highest BCUT2D eigenvalue weighted by Crippen LogP contribution is 2.32. The molecule has 3 N–H and O–H groups in total. The Bertz CT molecular complexity index is 533. The van der Waals surface area contributed by atoms with Crippen LogP contribution in [-0.4, -0.2) is 17.8 Å². The van der Waals surface area contributed by atoms with Gasteiger partial charge in [0.1, 0.15) is 0 Å². The zero-order valence-electron chi connectivity index (χ0n) is 12.2. The van der Waals surface area contributed by atoms with Crippen LogP contribution < -0.4 is 5.73 Å². The molecule has 2 atom stereocenters. The topological polar surface area (TPSA) is 46.2 Å². The number of hydrogen-bond donors (Lipinski definition) is 2. The van der Waals surface area contributed by atoms with Crippen molar-refractivity contribution in [3.05, 3.63) is 60.2 Å². The predicted molar refractivity (Wildman–Crippen MR) is 84.6 cm³/mol. The standard InChI is InChI=1S/C18H23NO/c1-14(19)18(2,12-13-20)17-10-8-16(9-11-17)15-6-4-3-5-7-15/h3-11,14,20H,12-13,19H2,1-2H3. The van der Waals surface area contributed by atoms with Crippen molar-refractivity contribution in [3.8, 4) is 11.1 Å². The molecule has 2 nitrogen and oxygen atoms in total. The molecule has 0 aromatic heterocycles. The van der Waals surface area contributed by atoms with Gasteiger partial charge in [-0.05, 0) is 30.0 Å². The Morgan fingerprint density at radius 1 is 1.00 bits per heavy atom. The Kier molecular flexibility index (Phi) is 4.58. The molecule has 0 aliphatic heterocycles. The summed E-state index contributed by atoms with van der Waals surface area (Å²) in [4.78, 5) is 0. The summed E-state index contributed by atoms with van der Waals surface area (Å²) in [5.41, 5.74) is 9.53. The molecule has 0 radical (unpaired) electrons. The van der Waals surface area contributed by atoms with Crippen molar-refractivity contribution < 1.29 is 5.11 Å². The maximum absolute atomic E-state index is 9.29. The van der Waals surface area contributed by atoms with E-state index in [1.807, 2.05) is 25.1 Å². The van der Waals surface area contributed by atoms with Crippen LogP contribution in [0.4, 0.5) is 0 Å². The van der Waals surface area contributed by atoms with Gasteiger partial charge in [-0.1, -0.05) is 61.5 Å². The van der Waals surface area contributed by atoms with E-state index in [2.05, 4.69) is 43.3 Å². The van der Waals surface area contributed by atoms with Gasteiger partial charge in [0.2, 0.25) is 0 Å². The summed E-state index contributed by atoms with van der Waals surface area (Å²) in [6.45, 7) is 4.27. The molecule has 0 saturated heterocycles. The molecule has 106 valence electrons. The predicted octanol–water partition coefficient (Wildman–Crippen LogP) is 3.34. The molecule has 2 rings (SSSR count). The Morgan fingerprint density at radius 2 is 1.55 bits per heavy atom. The van der Waals surface area contributed by atoms with Gasteiger partial charge in [0, 0.05) is 18.1 Å². The first kappa shape index (κ1) is 14.8. The SMILES string of the molecule is CC(N)C(C)(CCO)c1ccc(-c2ccccc2)cc1. The van der Waals surface area contributed by atoms with Gasteiger partial charge in [0.15, 0.2) is 0 Å². The van der Waals surface area contributed by atoms with E-state index in [0.29, 0.717) is 6.42 Å². The Hall–Kier alpha value is -1.64. The molecule has 2 aromatic carbocycles. The van der Waals surface area contributed by atoms with E-state index in [9.17, 15) is 5.11 Å². The molecule has 0 bridgehead atoms. The number of nitrogens with two attached hydrogens (primary N) is 1. The van der Waals surface area contributed by atoms with Gasteiger partial charge in [-0.3, -0.25) is 0 Å². The molecular weight excluding hydrogens is 246 g/mol. The fourth-order valence-electron chi connectivity index (χ4n) is 2.54. The van der Waals surface area contributed by atoms with Gasteiger partial charge in [-0.25, -0.2) is 0 Å². The Morgan fingerprint density at radius 3 is 2.05 bits per heavy atom. The lowest BCUT2D eigenvalue weighted by atomic mass is 9.74. The van der Waals surface area contributed by atoms with Crippen LogP contribution in [0.25, 0.3) is 11.1 Å². The minimum absolute atomic E-state index is 0.00257. The lowest BCUT2D eigenvalue weighted by Crippen LogP contribution is -2.41. The van der Waals surface area contributed by atoms with Gasteiger partial charge in [0.05, 0.1) is 0 Å². The zero-order valence-corrected chi connectivity index (χ0v) is 12.2. The van der Waals surface area contributed by atoms with Crippen LogP contribution in [0.15, 0.2) is 54.6 Å². The van der Waals surface area contributed by atoms with Gasteiger partial charge < -0.3 is 10.8 Å². The molecule has 2 unspecified atom stereocenters. The molecule has 0 saturated carbocycles. The second-order valence-corrected chi connectivity index (χ2v) is 5.62. The first-order chi connectivity index (χ1) is 9.58. The van der Waals surface area contributed by atoms with Gasteiger partial charge in [-0.2, -0.15) is 0 Å². The van der Waals surface area contributed by atoms with Crippen molar-refractivity contribution in [2.24, 2.45) is 5.73 Å². The van der Waals surface area contributed by atoms with E-state index < -0.39 is 0 Å². The Labute approximate surface area is 121 Å². The average Bonchev–Trinajstić information content (AvgIpc) is 2.48. The van der Waals surface area contributed by atoms with E-state index >= 15 is 0 Å². The van der Waals surface area contributed by atoms with Crippen LogP contribution in [0.3, 0.4) is 0 Å². The van der Waals surface area contributed by atoms with E-state index in [1.54, 1.807) is 0 Å². The van der Waals surface area contributed by atoms with Crippen molar-refractivity contribution in [2.75, 3.05) is 6.61 Å². The number of aliphatic hydroxyl groups excluding tert-OH is 1. The third-order valence-corrected chi connectivity index (χ3v) is 4.29. The number of aliphatic hydroxyl groups is 1. The number of hydrogen-bond acceptors (Lipinski definition) is 2. The summed E-state index contributed by atoms with van der Waals surface area (Å²) < 4.78 is 0. The van der Waals surface area contributed by atoms with E-state index in [-0.39, 0.29) is 18.1 Å². The van der Waals surface area contributed by atoms with Crippen molar-refractivity contribution in [3.63, 3.8) is 0 Å². The minimum atomic E-state index is -0.191. The van der Waals surface area contributed by atoms with Crippen LogP contribution in [0, 0.1) is 0 Å². The highest BCUT2D eigenvalue weighted by Gasteiger charge is 2.30. The number of rotatable bonds is 5. The second kappa shape index (κ2) is 6.21. The van der Waals surface area contributed by atoms with E-state index in [1.165, 1.54) is 16.7 Å². The van der Waals surface area contributed by atoms with Gasteiger partial charge in [-0.15, -0.1) is 0 Å². The lowest BCUT2D eigenvalue weighted by molar-refractivity contribution is 0.229. The smallest absolute Gasteiger partial charge is 0.0440 e. The van der Waals surface area contributed by atoms with Gasteiger partial charge >= 0.3 is 0 Å². The molecule has 2 heteroatoms. The highest BCUT2D eigenvalue weighted by atomic mass is 16.3. The van der Waals surface area contributed by atoms with Crippen molar-refractivity contribution >= 4 is 0 Å². The zero-order chi connectivity index (χ0) is 14.6. The molecule has 0 amide bonds. The Balaban J connectivity index is 2.32. The fraction of sp³-hybridized carbons (Fsp3) is 0.333. The third kappa shape index (κ3) is 2.92. The largest absolute Gasteiger partial charge is 0.396 e.